The maximum atomic E-state index is 11.2. The third-order valence-electron chi connectivity index (χ3n) is 2.73. The van der Waals surface area contributed by atoms with E-state index >= 15 is 0 Å². The zero-order valence-corrected chi connectivity index (χ0v) is 11.1. The highest BCUT2D eigenvalue weighted by atomic mass is 79.9. The molecule has 1 aromatic carbocycles. The quantitative estimate of drug-likeness (QED) is 0.877. The van der Waals surface area contributed by atoms with Crippen molar-refractivity contribution in [3.05, 3.63) is 33.8 Å². The fourth-order valence-electron chi connectivity index (χ4n) is 2.01. The summed E-state index contributed by atoms with van der Waals surface area (Å²) in [5.41, 5.74) is 7.80. The Balaban J connectivity index is 0.00000128. The minimum atomic E-state index is -0.0900. The molecule has 1 atom stereocenters. The van der Waals surface area contributed by atoms with Crippen LogP contribution in [-0.4, -0.2) is 12.5 Å². The van der Waals surface area contributed by atoms with E-state index in [-0.39, 0.29) is 30.9 Å². The molecule has 88 valence electrons. The van der Waals surface area contributed by atoms with Crippen molar-refractivity contribution in [2.45, 2.75) is 18.9 Å². The van der Waals surface area contributed by atoms with Gasteiger partial charge in [0.15, 0.2) is 0 Å². The summed E-state index contributed by atoms with van der Waals surface area (Å²) >= 11 is 3.52. The molecule has 0 heterocycles. The number of halogens is 2. The van der Waals surface area contributed by atoms with Crippen LogP contribution in [0.15, 0.2) is 22.7 Å². The molecule has 0 saturated heterocycles. The van der Waals surface area contributed by atoms with Gasteiger partial charge in [0.25, 0.3) is 0 Å². The van der Waals surface area contributed by atoms with Crippen LogP contribution in [0.5, 0.6) is 0 Å². The summed E-state index contributed by atoms with van der Waals surface area (Å²) in [6.07, 6.45) is 1.97. The Morgan fingerprint density at radius 3 is 3.00 bits per heavy atom. The van der Waals surface area contributed by atoms with Gasteiger partial charge in [-0.15, -0.1) is 12.4 Å². The number of carbonyl (C=O) groups excluding carboxylic acids is 1. The second kappa shape index (κ2) is 5.66. The van der Waals surface area contributed by atoms with E-state index in [1.54, 1.807) is 0 Å². The summed E-state index contributed by atoms with van der Waals surface area (Å²) in [7, 11) is 0. The second-order valence-corrected chi connectivity index (χ2v) is 4.52. The normalized spacial score (nSPS) is 17.5. The summed E-state index contributed by atoms with van der Waals surface area (Å²) in [4.78, 5) is 11.2. The van der Waals surface area contributed by atoms with Gasteiger partial charge in [-0.05, 0) is 30.0 Å². The van der Waals surface area contributed by atoms with Crippen LogP contribution in [-0.2, 0) is 11.2 Å². The van der Waals surface area contributed by atoms with Crippen molar-refractivity contribution >= 4 is 34.2 Å². The van der Waals surface area contributed by atoms with Crippen LogP contribution in [0.2, 0.25) is 0 Å². The van der Waals surface area contributed by atoms with E-state index in [2.05, 4.69) is 27.3 Å². The molecule has 1 aliphatic carbocycles. The highest BCUT2D eigenvalue weighted by molar-refractivity contribution is 9.10. The summed E-state index contributed by atoms with van der Waals surface area (Å²) in [6.45, 7) is 0.0554. The van der Waals surface area contributed by atoms with Crippen LogP contribution in [0.4, 0.5) is 0 Å². The molecule has 2 rings (SSSR count). The van der Waals surface area contributed by atoms with E-state index < -0.39 is 0 Å². The molecule has 1 amide bonds. The summed E-state index contributed by atoms with van der Waals surface area (Å²) in [5, 5.41) is 2.93. The lowest BCUT2D eigenvalue weighted by Crippen LogP contribution is -2.32. The highest BCUT2D eigenvalue weighted by Crippen LogP contribution is 2.35. The Labute approximate surface area is 109 Å². The molecule has 0 aliphatic heterocycles. The SMILES string of the molecule is Cl.NCC(=O)NC1CCc2c(Br)cccc21. The van der Waals surface area contributed by atoms with E-state index in [1.165, 1.54) is 11.1 Å². The lowest BCUT2D eigenvalue weighted by Gasteiger charge is -2.13. The van der Waals surface area contributed by atoms with Crippen LogP contribution in [0.1, 0.15) is 23.6 Å². The molecule has 1 unspecified atom stereocenters. The Morgan fingerprint density at radius 2 is 2.31 bits per heavy atom. The summed E-state index contributed by atoms with van der Waals surface area (Å²) in [5.74, 6) is -0.0900. The third-order valence-corrected chi connectivity index (χ3v) is 3.48. The Bertz CT molecular complexity index is 398. The van der Waals surface area contributed by atoms with E-state index in [1.807, 2.05) is 12.1 Å². The molecule has 1 aromatic rings. The van der Waals surface area contributed by atoms with Crippen molar-refractivity contribution in [2.24, 2.45) is 5.73 Å². The third kappa shape index (κ3) is 2.56. The largest absolute Gasteiger partial charge is 0.348 e. The summed E-state index contributed by atoms with van der Waals surface area (Å²) < 4.78 is 1.13. The zero-order valence-electron chi connectivity index (χ0n) is 8.70. The predicted octanol–water partition coefficient (Wildman–Crippen LogP) is 1.93. The van der Waals surface area contributed by atoms with E-state index in [4.69, 9.17) is 5.73 Å². The molecular weight excluding hydrogens is 291 g/mol. The van der Waals surface area contributed by atoms with Crippen molar-refractivity contribution in [1.82, 2.24) is 5.32 Å². The minimum absolute atomic E-state index is 0. The van der Waals surface area contributed by atoms with Crippen molar-refractivity contribution in [3.63, 3.8) is 0 Å². The Kier molecular flexibility index (Phi) is 4.77. The van der Waals surface area contributed by atoms with Gasteiger partial charge in [-0.25, -0.2) is 0 Å². The standard InChI is InChI=1S/C11H13BrN2O.ClH/c12-9-3-1-2-8-7(9)4-5-10(8)14-11(15)6-13;/h1-3,10H,4-6,13H2,(H,14,15);1H. The average Bonchev–Trinajstić information content (AvgIpc) is 2.63. The van der Waals surface area contributed by atoms with E-state index in [0.29, 0.717) is 0 Å². The van der Waals surface area contributed by atoms with Crippen LogP contribution < -0.4 is 11.1 Å². The predicted molar refractivity (Wildman–Crippen MR) is 69.6 cm³/mol. The van der Waals surface area contributed by atoms with Crippen molar-refractivity contribution in [3.8, 4) is 0 Å². The van der Waals surface area contributed by atoms with Crippen LogP contribution in [0, 0.1) is 0 Å². The number of hydrogen-bond acceptors (Lipinski definition) is 2. The van der Waals surface area contributed by atoms with Gasteiger partial charge in [0.2, 0.25) is 5.91 Å². The van der Waals surface area contributed by atoms with Crippen LogP contribution in [0.25, 0.3) is 0 Å². The smallest absolute Gasteiger partial charge is 0.234 e. The second-order valence-electron chi connectivity index (χ2n) is 3.67. The molecule has 5 heteroatoms. The lowest BCUT2D eigenvalue weighted by atomic mass is 10.1. The Hall–Kier alpha value is -0.580. The first-order chi connectivity index (χ1) is 7.22. The number of hydrogen-bond donors (Lipinski definition) is 2. The van der Waals surface area contributed by atoms with Gasteiger partial charge in [0.05, 0.1) is 12.6 Å². The maximum absolute atomic E-state index is 11.2. The monoisotopic (exact) mass is 304 g/mol. The first kappa shape index (κ1) is 13.5. The fourth-order valence-corrected chi connectivity index (χ4v) is 2.59. The zero-order chi connectivity index (χ0) is 10.8. The molecule has 0 spiro atoms. The van der Waals surface area contributed by atoms with Crippen LogP contribution in [0.3, 0.4) is 0 Å². The van der Waals surface area contributed by atoms with E-state index in [0.717, 1.165) is 17.3 Å². The number of fused-ring (bicyclic) bond motifs is 1. The number of nitrogens with one attached hydrogen (secondary N) is 1. The lowest BCUT2D eigenvalue weighted by molar-refractivity contribution is -0.120. The van der Waals surface area contributed by atoms with Gasteiger partial charge in [-0.1, -0.05) is 28.1 Å². The molecule has 16 heavy (non-hydrogen) atoms. The molecule has 0 radical (unpaired) electrons. The average molecular weight is 306 g/mol. The number of nitrogens with two attached hydrogens (primary N) is 1. The number of benzene rings is 1. The van der Waals surface area contributed by atoms with Gasteiger partial charge >= 0.3 is 0 Å². The van der Waals surface area contributed by atoms with Gasteiger partial charge in [0, 0.05) is 4.47 Å². The topological polar surface area (TPSA) is 55.1 Å². The maximum Gasteiger partial charge on any atom is 0.234 e. The van der Waals surface area contributed by atoms with Crippen molar-refractivity contribution in [2.75, 3.05) is 6.54 Å². The Morgan fingerprint density at radius 1 is 1.56 bits per heavy atom. The number of rotatable bonds is 2. The first-order valence-electron chi connectivity index (χ1n) is 4.99. The first-order valence-corrected chi connectivity index (χ1v) is 5.78. The van der Waals surface area contributed by atoms with Crippen LogP contribution >= 0.6 is 28.3 Å². The molecular formula is C11H14BrClN2O. The molecule has 1 aliphatic rings. The minimum Gasteiger partial charge on any atom is -0.348 e. The molecule has 3 N–H and O–H groups in total. The fraction of sp³-hybridized carbons (Fsp3) is 0.364. The van der Waals surface area contributed by atoms with Gasteiger partial charge in [-0.3, -0.25) is 4.79 Å². The molecule has 0 bridgehead atoms. The number of carbonyl (C=O) groups is 1. The number of amides is 1. The van der Waals surface area contributed by atoms with Gasteiger partial charge < -0.3 is 11.1 Å². The van der Waals surface area contributed by atoms with E-state index in [9.17, 15) is 4.79 Å². The molecule has 3 nitrogen and oxygen atoms in total. The van der Waals surface area contributed by atoms with Crippen molar-refractivity contribution in [1.29, 1.82) is 0 Å². The summed E-state index contributed by atoms with van der Waals surface area (Å²) in [6, 6.07) is 6.23. The van der Waals surface area contributed by atoms with Crippen molar-refractivity contribution < 1.29 is 4.79 Å². The highest BCUT2D eigenvalue weighted by Gasteiger charge is 2.24. The van der Waals surface area contributed by atoms with Gasteiger partial charge in [0.1, 0.15) is 0 Å². The van der Waals surface area contributed by atoms with Gasteiger partial charge in [-0.2, -0.15) is 0 Å². The molecule has 0 aromatic heterocycles. The molecule has 0 fully saturated rings. The molecule has 0 saturated carbocycles.